The lowest BCUT2D eigenvalue weighted by Gasteiger charge is -2.33. The second-order valence-corrected chi connectivity index (χ2v) is 4.13. The zero-order valence-electron chi connectivity index (χ0n) is 9.83. The number of hydrogen-bond acceptors (Lipinski definition) is 2. The number of hydrogen-bond donors (Lipinski definition) is 1. The van der Waals surface area contributed by atoms with Crippen molar-refractivity contribution in [3.05, 3.63) is 35.4 Å². The van der Waals surface area contributed by atoms with Gasteiger partial charge in [-0.1, -0.05) is 6.07 Å². The second-order valence-electron chi connectivity index (χ2n) is 4.13. The normalized spacial score (nSPS) is 18.2. The second kappa shape index (κ2) is 6.97. The van der Waals surface area contributed by atoms with Crippen LogP contribution in [0.25, 0.3) is 0 Å². The van der Waals surface area contributed by atoms with E-state index in [9.17, 15) is 13.2 Å². The van der Waals surface area contributed by atoms with Crippen molar-refractivity contribution in [1.29, 1.82) is 0 Å². The molecule has 0 aromatic heterocycles. The SMILES string of the molecule is Cl.FC[C@H](c1ccc(F)c(F)c1)N1CCNCC1. The number of alkyl halides is 1. The third kappa shape index (κ3) is 3.37. The summed E-state index contributed by atoms with van der Waals surface area (Å²) >= 11 is 0. The first kappa shape index (κ1) is 15.3. The molecule has 0 bridgehead atoms. The average molecular weight is 281 g/mol. The summed E-state index contributed by atoms with van der Waals surface area (Å²) in [5.74, 6) is -1.82. The molecule has 6 heteroatoms. The van der Waals surface area contributed by atoms with Crippen molar-refractivity contribution in [2.75, 3.05) is 32.9 Å². The highest BCUT2D eigenvalue weighted by molar-refractivity contribution is 5.85. The number of piperazine rings is 1. The van der Waals surface area contributed by atoms with Crippen LogP contribution in [0.5, 0.6) is 0 Å². The molecule has 1 aromatic rings. The van der Waals surface area contributed by atoms with Crippen molar-refractivity contribution in [1.82, 2.24) is 10.2 Å². The standard InChI is InChI=1S/C12H15F3N2.ClH/c13-8-12(17-5-3-16-4-6-17)9-1-2-10(14)11(15)7-9;/h1-2,7,12,16H,3-6,8H2;1H/t12-;/m1./s1. The molecule has 2 nitrogen and oxygen atoms in total. The Labute approximate surface area is 111 Å². The van der Waals surface area contributed by atoms with Gasteiger partial charge in [0.1, 0.15) is 6.67 Å². The van der Waals surface area contributed by atoms with Crippen molar-refractivity contribution >= 4 is 12.4 Å². The molecule has 102 valence electrons. The van der Waals surface area contributed by atoms with E-state index in [2.05, 4.69) is 5.32 Å². The van der Waals surface area contributed by atoms with Crippen LogP contribution in [0.2, 0.25) is 0 Å². The predicted octanol–water partition coefficient (Wildman–Crippen LogP) is 2.30. The van der Waals surface area contributed by atoms with Gasteiger partial charge in [0.2, 0.25) is 0 Å². The molecule has 1 saturated heterocycles. The highest BCUT2D eigenvalue weighted by Crippen LogP contribution is 2.23. The Balaban J connectivity index is 0.00000162. The summed E-state index contributed by atoms with van der Waals surface area (Å²) in [6, 6.07) is 3.11. The quantitative estimate of drug-likeness (QED) is 0.914. The highest BCUT2D eigenvalue weighted by atomic mass is 35.5. The molecule has 0 radical (unpaired) electrons. The molecule has 0 saturated carbocycles. The van der Waals surface area contributed by atoms with E-state index in [-0.39, 0.29) is 12.4 Å². The van der Waals surface area contributed by atoms with Crippen LogP contribution in [0, 0.1) is 11.6 Å². The van der Waals surface area contributed by atoms with E-state index in [1.807, 2.05) is 4.90 Å². The Morgan fingerprint density at radius 2 is 1.83 bits per heavy atom. The monoisotopic (exact) mass is 280 g/mol. The topological polar surface area (TPSA) is 15.3 Å². The summed E-state index contributed by atoms with van der Waals surface area (Å²) in [7, 11) is 0. The van der Waals surface area contributed by atoms with Gasteiger partial charge in [0.05, 0.1) is 6.04 Å². The molecule has 1 aliphatic rings. The van der Waals surface area contributed by atoms with Crippen molar-refractivity contribution in [3.8, 4) is 0 Å². The maximum Gasteiger partial charge on any atom is 0.159 e. The fourth-order valence-corrected chi connectivity index (χ4v) is 2.11. The fraction of sp³-hybridized carbons (Fsp3) is 0.500. The van der Waals surface area contributed by atoms with Gasteiger partial charge in [-0.15, -0.1) is 12.4 Å². The average Bonchev–Trinajstić information content (AvgIpc) is 2.36. The van der Waals surface area contributed by atoms with Crippen molar-refractivity contribution in [2.45, 2.75) is 6.04 Å². The maximum atomic E-state index is 13.1. The first-order valence-electron chi connectivity index (χ1n) is 5.68. The van der Waals surface area contributed by atoms with Crippen LogP contribution < -0.4 is 5.32 Å². The Morgan fingerprint density at radius 3 is 2.39 bits per heavy atom. The van der Waals surface area contributed by atoms with E-state index < -0.39 is 24.4 Å². The van der Waals surface area contributed by atoms with Gasteiger partial charge in [0.15, 0.2) is 11.6 Å². The van der Waals surface area contributed by atoms with Crippen LogP contribution in [0.1, 0.15) is 11.6 Å². The summed E-state index contributed by atoms with van der Waals surface area (Å²) in [4.78, 5) is 1.95. The molecular weight excluding hydrogens is 265 g/mol. The zero-order chi connectivity index (χ0) is 12.3. The van der Waals surface area contributed by atoms with E-state index in [0.29, 0.717) is 18.7 Å². The van der Waals surface area contributed by atoms with Crippen molar-refractivity contribution in [3.63, 3.8) is 0 Å². The van der Waals surface area contributed by atoms with E-state index in [0.717, 1.165) is 25.2 Å². The molecule has 1 fully saturated rings. The predicted molar refractivity (Wildman–Crippen MR) is 66.8 cm³/mol. The van der Waals surface area contributed by atoms with Gasteiger partial charge < -0.3 is 5.32 Å². The van der Waals surface area contributed by atoms with Gasteiger partial charge in [0, 0.05) is 26.2 Å². The Morgan fingerprint density at radius 1 is 1.17 bits per heavy atom. The van der Waals surface area contributed by atoms with Crippen molar-refractivity contribution < 1.29 is 13.2 Å². The number of nitrogens with one attached hydrogen (secondary N) is 1. The van der Waals surface area contributed by atoms with E-state index in [1.165, 1.54) is 6.07 Å². The highest BCUT2D eigenvalue weighted by Gasteiger charge is 2.22. The van der Waals surface area contributed by atoms with Crippen LogP contribution in [0.4, 0.5) is 13.2 Å². The summed E-state index contributed by atoms with van der Waals surface area (Å²) < 4.78 is 39.0. The van der Waals surface area contributed by atoms with Gasteiger partial charge in [0.25, 0.3) is 0 Å². The third-order valence-corrected chi connectivity index (χ3v) is 3.07. The van der Waals surface area contributed by atoms with Crippen LogP contribution in [0.3, 0.4) is 0 Å². The number of nitrogens with zero attached hydrogens (tertiary/aromatic N) is 1. The molecule has 1 aliphatic heterocycles. The Kier molecular flexibility index (Phi) is 5.91. The lowest BCUT2D eigenvalue weighted by Crippen LogP contribution is -2.45. The minimum Gasteiger partial charge on any atom is -0.314 e. The number of halogens is 4. The van der Waals surface area contributed by atoms with Crippen LogP contribution in [-0.2, 0) is 0 Å². The largest absolute Gasteiger partial charge is 0.314 e. The minimum absolute atomic E-state index is 0. The minimum atomic E-state index is -0.920. The lowest BCUT2D eigenvalue weighted by molar-refractivity contribution is 0.147. The molecule has 1 aromatic carbocycles. The van der Waals surface area contributed by atoms with E-state index in [1.54, 1.807) is 0 Å². The van der Waals surface area contributed by atoms with Crippen LogP contribution >= 0.6 is 12.4 Å². The van der Waals surface area contributed by atoms with Crippen molar-refractivity contribution in [2.24, 2.45) is 0 Å². The van der Waals surface area contributed by atoms with Gasteiger partial charge in [-0.25, -0.2) is 13.2 Å². The molecule has 0 unspecified atom stereocenters. The van der Waals surface area contributed by atoms with Crippen LogP contribution in [0.15, 0.2) is 18.2 Å². The fourth-order valence-electron chi connectivity index (χ4n) is 2.11. The molecule has 0 spiro atoms. The summed E-state index contributed by atoms with van der Waals surface area (Å²) in [5.41, 5.74) is 0.494. The summed E-state index contributed by atoms with van der Waals surface area (Å²) in [6.07, 6.45) is 0. The van der Waals surface area contributed by atoms with Crippen LogP contribution in [-0.4, -0.2) is 37.8 Å². The van der Waals surface area contributed by atoms with E-state index >= 15 is 0 Å². The Bertz CT molecular complexity index is 384. The molecule has 0 aliphatic carbocycles. The Hall–Kier alpha value is -0.780. The van der Waals surface area contributed by atoms with Gasteiger partial charge in [-0.05, 0) is 17.7 Å². The maximum absolute atomic E-state index is 13.1. The zero-order valence-corrected chi connectivity index (χ0v) is 10.7. The van der Waals surface area contributed by atoms with Gasteiger partial charge in [-0.2, -0.15) is 0 Å². The molecule has 2 rings (SSSR count). The number of rotatable bonds is 3. The molecule has 1 N–H and O–H groups in total. The smallest absolute Gasteiger partial charge is 0.159 e. The molecule has 1 heterocycles. The number of benzene rings is 1. The molecule has 0 amide bonds. The summed E-state index contributed by atoms with van der Waals surface area (Å²) in [5, 5.41) is 3.17. The summed E-state index contributed by atoms with van der Waals surface area (Å²) in [6.45, 7) is 2.42. The first-order valence-corrected chi connectivity index (χ1v) is 5.68. The van der Waals surface area contributed by atoms with Gasteiger partial charge >= 0.3 is 0 Å². The molecule has 18 heavy (non-hydrogen) atoms. The van der Waals surface area contributed by atoms with Gasteiger partial charge in [-0.3, -0.25) is 4.90 Å². The molecule has 1 atom stereocenters. The lowest BCUT2D eigenvalue weighted by atomic mass is 10.1. The molecular formula is C12H16ClF3N2. The van der Waals surface area contributed by atoms with E-state index in [4.69, 9.17) is 0 Å². The first-order chi connectivity index (χ1) is 8.22. The third-order valence-electron chi connectivity index (χ3n) is 3.07.